The van der Waals surface area contributed by atoms with Crippen molar-refractivity contribution in [2.75, 3.05) is 38.3 Å². The van der Waals surface area contributed by atoms with E-state index in [9.17, 15) is 18.0 Å². The summed E-state index contributed by atoms with van der Waals surface area (Å²) in [4.78, 5) is 12.5. The highest BCUT2D eigenvalue weighted by Crippen LogP contribution is 2.24. The van der Waals surface area contributed by atoms with Gasteiger partial charge in [-0.05, 0) is 19.2 Å². The number of nitrogens with one attached hydrogen (secondary N) is 1. The number of nitrogens with zero attached hydrogens (tertiary/aromatic N) is 1. The zero-order valence-corrected chi connectivity index (χ0v) is 11.1. The number of benzene rings is 1. The van der Waals surface area contributed by atoms with Crippen LogP contribution in [-0.4, -0.2) is 44.2 Å². The number of nitrogen functional groups attached to an aromatic ring is 1. The molecular weight excluding hydrogens is 275 g/mol. The van der Waals surface area contributed by atoms with E-state index in [1.165, 1.54) is 26.3 Å². The second-order valence-electron chi connectivity index (χ2n) is 4.29. The molecule has 112 valence electrons. The Kier molecular flexibility index (Phi) is 5.20. The molecule has 0 bridgehead atoms. The molecule has 0 radical (unpaired) electrons. The molecule has 20 heavy (non-hydrogen) atoms. The molecule has 0 spiro atoms. The third-order valence-corrected chi connectivity index (χ3v) is 2.40. The van der Waals surface area contributed by atoms with Crippen molar-refractivity contribution in [3.8, 4) is 5.75 Å². The number of rotatable bonds is 5. The number of hydrogen-bond donors (Lipinski definition) is 2. The molecule has 0 fully saturated rings. The van der Waals surface area contributed by atoms with Crippen LogP contribution < -0.4 is 15.8 Å². The number of carbonyl (C=O) groups is 1. The lowest BCUT2D eigenvalue weighted by Gasteiger charge is -2.18. The number of amides is 1. The number of anilines is 2. The van der Waals surface area contributed by atoms with Crippen molar-refractivity contribution in [3.63, 3.8) is 0 Å². The van der Waals surface area contributed by atoms with Crippen molar-refractivity contribution in [1.29, 1.82) is 0 Å². The SMILES string of the molecule is COc1ccc(NC(=O)CN(C)CC(F)(F)F)c(N)c1. The minimum Gasteiger partial charge on any atom is -0.497 e. The summed E-state index contributed by atoms with van der Waals surface area (Å²) >= 11 is 0. The fourth-order valence-electron chi connectivity index (χ4n) is 1.58. The number of halogens is 3. The molecule has 0 heterocycles. The van der Waals surface area contributed by atoms with Gasteiger partial charge >= 0.3 is 6.18 Å². The van der Waals surface area contributed by atoms with Crippen molar-refractivity contribution in [2.24, 2.45) is 0 Å². The minimum absolute atomic E-state index is 0.274. The average molecular weight is 291 g/mol. The van der Waals surface area contributed by atoms with Crippen molar-refractivity contribution in [2.45, 2.75) is 6.18 Å². The molecule has 1 aromatic carbocycles. The van der Waals surface area contributed by atoms with Gasteiger partial charge in [0.25, 0.3) is 0 Å². The molecule has 0 aliphatic rings. The summed E-state index contributed by atoms with van der Waals surface area (Å²) in [6.07, 6.45) is -4.34. The van der Waals surface area contributed by atoms with Gasteiger partial charge in [0, 0.05) is 6.07 Å². The van der Waals surface area contributed by atoms with E-state index in [-0.39, 0.29) is 12.2 Å². The molecule has 1 amide bonds. The molecule has 0 aliphatic carbocycles. The average Bonchev–Trinajstić information content (AvgIpc) is 2.28. The zero-order valence-electron chi connectivity index (χ0n) is 11.1. The number of ether oxygens (including phenoxy) is 1. The maximum Gasteiger partial charge on any atom is 0.401 e. The van der Waals surface area contributed by atoms with E-state index in [4.69, 9.17) is 10.5 Å². The van der Waals surface area contributed by atoms with Gasteiger partial charge < -0.3 is 15.8 Å². The van der Waals surface area contributed by atoms with Crippen LogP contribution >= 0.6 is 0 Å². The maximum absolute atomic E-state index is 12.1. The largest absolute Gasteiger partial charge is 0.497 e. The second kappa shape index (κ2) is 6.47. The highest BCUT2D eigenvalue weighted by Gasteiger charge is 2.29. The van der Waals surface area contributed by atoms with Gasteiger partial charge in [-0.1, -0.05) is 0 Å². The number of likely N-dealkylation sites (N-methyl/N-ethyl adjacent to an activating group) is 1. The Balaban J connectivity index is 2.58. The summed E-state index contributed by atoms with van der Waals surface area (Å²) in [5, 5.41) is 2.45. The number of alkyl halides is 3. The monoisotopic (exact) mass is 291 g/mol. The summed E-state index contributed by atoms with van der Waals surface area (Å²) in [6.45, 7) is -1.54. The van der Waals surface area contributed by atoms with Crippen LogP contribution in [0, 0.1) is 0 Å². The van der Waals surface area contributed by atoms with Crippen molar-refractivity contribution in [3.05, 3.63) is 18.2 Å². The molecule has 3 N–H and O–H groups in total. The van der Waals surface area contributed by atoms with Crippen LogP contribution in [0.15, 0.2) is 18.2 Å². The lowest BCUT2D eigenvalue weighted by atomic mass is 10.2. The first kappa shape index (κ1) is 16.1. The third kappa shape index (κ3) is 5.35. The van der Waals surface area contributed by atoms with Gasteiger partial charge in [-0.2, -0.15) is 13.2 Å². The smallest absolute Gasteiger partial charge is 0.401 e. The fraction of sp³-hybridized carbons (Fsp3) is 0.417. The van der Waals surface area contributed by atoms with E-state index in [0.29, 0.717) is 11.4 Å². The Morgan fingerprint density at radius 2 is 2.10 bits per heavy atom. The first-order valence-electron chi connectivity index (χ1n) is 5.70. The summed E-state index contributed by atoms with van der Waals surface area (Å²) < 4.78 is 41.3. The van der Waals surface area contributed by atoms with Crippen LogP contribution in [0.5, 0.6) is 5.75 Å². The van der Waals surface area contributed by atoms with E-state index in [1.807, 2.05) is 0 Å². The zero-order chi connectivity index (χ0) is 15.3. The van der Waals surface area contributed by atoms with Gasteiger partial charge in [0.1, 0.15) is 5.75 Å². The van der Waals surface area contributed by atoms with E-state index in [1.54, 1.807) is 6.07 Å². The van der Waals surface area contributed by atoms with Crippen LogP contribution in [0.3, 0.4) is 0 Å². The minimum atomic E-state index is -4.34. The molecule has 0 saturated heterocycles. The van der Waals surface area contributed by atoms with Gasteiger partial charge in [-0.3, -0.25) is 9.69 Å². The summed E-state index contributed by atoms with van der Waals surface area (Å²) in [7, 11) is 2.68. The first-order chi connectivity index (χ1) is 9.21. The number of nitrogens with two attached hydrogens (primary N) is 1. The van der Waals surface area contributed by atoms with Crippen LogP contribution in [0.25, 0.3) is 0 Å². The molecule has 0 atom stereocenters. The Bertz CT molecular complexity index is 478. The Hall–Kier alpha value is -1.96. The summed E-state index contributed by atoms with van der Waals surface area (Å²) in [6, 6.07) is 4.62. The van der Waals surface area contributed by atoms with Gasteiger partial charge in [0.2, 0.25) is 5.91 Å². The molecule has 0 aliphatic heterocycles. The van der Waals surface area contributed by atoms with Gasteiger partial charge in [-0.15, -0.1) is 0 Å². The third-order valence-electron chi connectivity index (χ3n) is 2.40. The van der Waals surface area contributed by atoms with E-state index in [2.05, 4.69) is 5.32 Å². The fourth-order valence-corrected chi connectivity index (χ4v) is 1.58. The molecule has 0 aromatic heterocycles. The molecular formula is C12H16F3N3O2. The highest BCUT2D eigenvalue weighted by molar-refractivity contribution is 5.95. The Labute approximate surface area is 114 Å². The van der Waals surface area contributed by atoms with Crippen molar-refractivity contribution in [1.82, 2.24) is 4.90 Å². The van der Waals surface area contributed by atoms with Crippen molar-refractivity contribution < 1.29 is 22.7 Å². The Morgan fingerprint density at radius 1 is 1.45 bits per heavy atom. The van der Waals surface area contributed by atoms with Crippen LogP contribution in [0.4, 0.5) is 24.5 Å². The van der Waals surface area contributed by atoms with E-state index >= 15 is 0 Å². The summed E-state index contributed by atoms with van der Waals surface area (Å²) in [5.74, 6) is -0.0525. The topological polar surface area (TPSA) is 67.6 Å². The number of hydrogen-bond acceptors (Lipinski definition) is 4. The maximum atomic E-state index is 12.1. The highest BCUT2D eigenvalue weighted by atomic mass is 19.4. The summed E-state index contributed by atoms with van der Waals surface area (Å²) in [5.41, 5.74) is 6.29. The quantitative estimate of drug-likeness (QED) is 0.810. The molecule has 1 aromatic rings. The van der Waals surface area contributed by atoms with Gasteiger partial charge in [0.15, 0.2) is 0 Å². The normalized spacial score (nSPS) is 11.5. The van der Waals surface area contributed by atoms with Gasteiger partial charge in [-0.25, -0.2) is 0 Å². The predicted octanol–water partition coefficient (Wildman–Crippen LogP) is 1.71. The molecule has 0 unspecified atom stereocenters. The molecule has 0 saturated carbocycles. The lowest BCUT2D eigenvalue weighted by Crippen LogP contribution is -2.36. The van der Waals surface area contributed by atoms with Crippen LogP contribution in [0.2, 0.25) is 0 Å². The number of methoxy groups -OCH3 is 1. The Morgan fingerprint density at radius 3 is 2.60 bits per heavy atom. The lowest BCUT2D eigenvalue weighted by molar-refractivity contribution is -0.145. The molecule has 5 nitrogen and oxygen atoms in total. The molecule has 8 heteroatoms. The second-order valence-corrected chi connectivity index (χ2v) is 4.29. The standard InChI is InChI=1S/C12H16F3N3O2/c1-18(7-12(13,14)15)6-11(19)17-10-4-3-8(20-2)5-9(10)16/h3-5H,6-7,16H2,1-2H3,(H,17,19). The van der Waals surface area contributed by atoms with Gasteiger partial charge in [0.05, 0.1) is 31.6 Å². The van der Waals surface area contributed by atoms with Crippen LogP contribution in [0.1, 0.15) is 0 Å². The van der Waals surface area contributed by atoms with Crippen molar-refractivity contribution >= 4 is 17.3 Å². The molecule has 1 rings (SSSR count). The first-order valence-corrected chi connectivity index (χ1v) is 5.70. The van der Waals surface area contributed by atoms with E-state index in [0.717, 1.165) is 4.90 Å². The predicted molar refractivity (Wildman–Crippen MR) is 69.6 cm³/mol. The number of carbonyl (C=O) groups excluding carboxylic acids is 1. The van der Waals surface area contributed by atoms with E-state index < -0.39 is 18.6 Å². The van der Waals surface area contributed by atoms with Crippen LogP contribution in [-0.2, 0) is 4.79 Å².